The van der Waals surface area contributed by atoms with Crippen LogP contribution in [0.3, 0.4) is 0 Å². The van der Waals surface area contributed by atoms with Gasteiger partial charge in [0.2, 0.25) is 0 Å². The zero-order valence-electron chi connectivity index (χ0n) is 5.19. The maximum Gasteiger partial charge on any atom is 0.281 e. The minimum absolute atomic E-state index is 0.237. The predicted octanol–water partition coefficient (Wildman–Crippen LogP) is 3.54. The maximum atomic E-state index is 12.1. The van der Waals surface area contributed by atoms with E-state index in [4.69, 9.17) is 0 Å². The lowest BCUT2D eigenvalue weighted by atomic mass is 10.4. The number of hydrogen-bond acceptors (Lipinski definition) is 1. The van der Waals surface area contributed by atoms with Crippen LogP contribution in [-0.4, -0.2) is 4.98 Å². The standard InChI is InChI=1S/C6H3Br2F2N/c7-3-1-2-11-5(4(3)8)6(9)10/h1-2,6H. The van der Waals surface area contributed by atoms with E-state index in [1.54, 1.807) is 6.07 Å². The first-order valence-corrected chi connectivity index (χ1v) is 4.29. The molecule has 0 spiro atoms. The van der Waals surface area contributed by atoms with Gasteiger partial charge in [0.25, 0.3) is 6.43 Å². The van der Waals surface area contributed by atoms with Crippen molar-refractivity contribution in [2.24, 2.45) is 0 Å². The average molecular weight is 287 g/mol. The Morgan fingerprint density at radius 1 is 1.36 bits per heavy atom. The van der Waals surface area contributed by atoms with Crippen molar-refractivity contribution in [2.75, 3.05) is 0 Å². The van der Waals surface area contributed by atoms with Crippen molar-refractivity contribution >= 4 is 31.9 Å². The summed E-state index contributed by atoms with van der Waals surface area (Å²) in [6, 6.07) is 1.59. The molecule has 1 nitrogen and oxygen atoms in total. The van der Waals surface area contributed by atoms with Gasteiger partial charge in [0, 0.05) is 10.7 Å². The smallest absolute Gasteiger partial charge is 0.254 e. The lowest BCUT2D eigenvalue weighted by molar-refractivity contribution is 0.145. The average Bonchev–Trinajstić information content (AvgIpc) is 1.94. The first kappa shape index (κ1) is 9.06. The molecule has 0 aromatic carbocycles. The van der Waals surface area contributed by atoms with Gasteiger partial charge in [-0.25, -0.2) is 8.78 Å². The van der Waals surface area contributed by atoms with E-state index >= 15 is 0 Å². The minimum atomic E-state index is -2.54. The molecular weight excluding hydrogens is 284 g/mol. The third kappa shape index (κ3) is 1.96. The summed E-state index contributed by atoms with van der Waals surface area (Å²) in [4.78, 5) is 3.51. The van der Waals surface area contributed by atoms with Crippen LogP contribution in [0, 0.1) is 0 Å². The molecule has 0 unspecified atom stereocenters. The molecule has 0 amide bonds. The van der Waals surface area contributed by atoms with Gasteiger partial charge < -0.3 is 0 Å². The monoisotopic (exact) mass is 285 g/mol. The number of pyridine rings is 1. The third-order valence-corrected chi connectivity index (χ3v) is 3.10. The van der Waals surface area contributed by atoms with Crippen molar-refractivity contribution in [3.8, 4) is 0 Å². The molecule has 11 heavy (non-hydrogen) atoms. The molecule has 0 radical (unpaired) electrons. The van der Waals surface area contributed by atoms with Gasteiger partial charge in [0.1, 0.15) is 5.69 Å². The number of rotatable bonds is 1. The van der Waals surface area contributed by atoms with Crippen LogP contribution in [-0.2, 0) is 0 Å². The second kappa shape index (κ2) is 3.58. The van der Waals surface area contributed by atoms with Crippen LogP contribution in [0.2, 0.25) is 0 Å². The Morgan fingerprint density at radius 3 is 2.45 bits per heavy atom. The number of aromatic nitrogens is 1. The summed E-state index contributed by atoms with van der Waals surface area (Å²) >= 11 is 6.09. The second-order valence-electron chi connectivity index (χ2n) is 1.79. The predicted molar refractivity (Wildman–Crippen MR) is 44.6 cm³/mol. The second-order valence-corrected chi connectivity index (χ2v) is 3.44. The SMILES string of the molecule is FC(F)c1nccc(Br)c1Br. The molecule has 0 aliphatic heterocycles. The highest BCUT2D eigenvalue weighted by atomic mass is 79.9. The zero-order chi connectivity index (χ0) is 8.43. The summed E-state index contributed by atoms with van der Waals surface area (Å²) in [6.07, 6.45) is -1.21. The van der Waals surface area contributed by atoms with E-state index in [9.17, 15) is 8.78 Å². The Morgan fingerprint density at radius 2 is 2.00 bits per heavy atom. The van der Waals surface area contributed by atoms with Crippen molar-refractivity contribution in [1.29, 1.82) is 0 Å². The highest BCUT2D eigenvalue weighted by Gasteiger charge is 2.14. The van der Waals surface area contributed by atoms with E-state index in [0.717, 1.165) is 0 Å². The molecule has 0 N–H and O–H groups in total. The van der Waals surface area contributed by atoms with Crippen LogP contribution < -0.4 is 0 Å². The summed E-state index contributed by atoms with van der Waals surface area (Å²) in [5, 5.41) is 0. The van der Waals surface area contributed by atoms with Crippen molar-refractivity contribution in [3.05, 3.63) is 26.9 Å². The van der Waals surface area contributed by atoms with E-state index < -0.39 is 6.43 Å². The molecule has 0 fully saturated rings. The van der Waals surface area contributed by atoms with Crippen molar-refractivity contribution in [2.45, 2.75) is 6.43 Å². The Balaban J connectivity index is 3.17. The van der Waals surface area contributed by atoms with Gasteiger partial charge in [0.05, 0.1) is 4.47 Å². The van der Waals surface area contributed by atoms with E-state index in [1.807, 2.05) is 0 Å². The molecule has 1 aromatic rings. The number of halogens is 4. The van der Waals surface area contributed by atoms with Crippen molar-refractivity contribution < 1.29 is 8.78 Å². The molecule has 5 heteroatoms. The van der Waals surface area contributed by atoms with Crippen LogP contribution in [0.1, 0.15) is 12.1 Å². The Bertz CT molecular complexity index is 265. The molecule has 60 valence electrons. The maximum absolute atomic E-state index is 12.1. The van der Waals surface area contributed by atoms with Crippen molar-refractivity contribution in [1.82, 2.24) is 4.98 Å². The van der Waals surface area contributed by atoms with E-state index in [2.05, 4.69) is 36.8 Å². The topological polar surface area (TPSA) is 12.9 Å². The molecule has 0 saturated carbocycles. The molecule has 1 aromatic heterocycles. The van der Waals surface area contributed by atoms with Crippen LogP contribution in [0.25, 0.3) is 0 Å². The van der Waals surface area contributed by atoms with Gasteiger partial charge >= 0.3 is 0 Å². The Hall–Kier alpha value is -0.0300. The van der Waals surface area contributed by atoms with E-state index in [-0.39, 0.29) is 5.69 Å². The zero-order valence-corrected chi connectivity index (χ0v) is 8.36. The minimum Gasteiger partial charge on any atom is -0.254 e. The Labute approximate surface area is 79.1 Å². The lowest BCUT2D eigenvalue weighted by Crippen LogP contribution is -1.91. The first-order chi connectivity index (χ1) is 5.13. The summed E-state index contributed by atoms with van der Waals surface area (Å²) in [5.74, 6) is 0. The number of alkyl halides is 2. The van der Waals surface area contributed by atoms with Gasteiger partial charge in [-0.3, -0.25) is 4.98 Å². The van der Waals surface area contributed by atoms with Crippen molar-refractivity contribution in [3.63, 3.8) is 0 Å². The summed E-state index contributed by atoms with van der Waals surface area (Å²) < 4.78 is 25.1. The molecule has 1 rings (SSSR count). The summed E-state index contributed by atoms with van der Waals surface area (Å²) in [6.45, 7) is 0. The number of hydrogen-bond donors (Lipinski definition) is 0. The molecule has 0 saturated heterocycles. The van der Waals surface area contributed by atoms with Gasteiger partial charge in [-0.1, -0.05) is 0 Å². The van der Waals surface area contributed by atoms with Gasteiger partial charge in [0.15, 0.2) is 0 Å². The fourth-order valence-corrected chi connectivity index (χ4v) is 1.32. The normalized spacial score (nSPS) is 10.6. The largest absolute Gasteiger partial charge is 0.281 e. The van der Waals surface area contributed by atoms with E-state index in [1.165, 1.54) is 6.20 Å². The van der Waals surface area contributed by atoms with Gasteiger partial charge in [-0.15, -0.1) is 0 Å². The number of nitrogens with zero attached hydrogens (tertiary/aromatic N) is 1. The van der Waals surface area contributed by atoms with E-state index in [0.29, 0.717) is 8.95 Å². The lowest BCUT2D eigenvalue weighted by Gasteiger charge is -2.01. The van der Waals surface area contributed by atoms with Crippen LogP contribution in [0.4, 0.5) is 8.78 Å². The van der Waals surface area contributed by atoms with Gasteiger partial charge in [-0.05, 0) is 37.9 Å². The third-order valence-electron chi connectivity index (χ3n) is 1.08. The first-order valence-electron chi connectivity index (χ1n) is 2.71. The molecular formula is C6H3Br2F2N. The fourth-order valence-electron chi connectivity index (χ4n) is 0.587. The summed E-state index contributed by atoms with van der Waals surface area (Å²) in [5.41, 5.74) is -0.237. The highest BCUT2D eigenvalue weighted by Crippen LogP contribution is 2.30. The summed E-state index contributed by atoms with van der Waals surface area (Å²) in [7, 11) is 0. The van der Waals surface area contributed by atoms with Gasteiger partial charge in [-0.2, -0.15) is 0 Å². The quantitative estimate of drug-likeness (QED) is 0.769. The van der Waals surface area contributed by atoms with Crippen LogP contribution in [0.15, 0.2) is 21.2 Å². The van der Waals surface area contributed by atoms with Crippen LogP contribution in [0.5, 0.6) is 0 Å². The molecule has 1 heterocycles. The molecule has 0 bridgehead atoms. The van der Waals surface area contributed by atoms with Crippen LogP contribution >= 0.6 is 31.9 Å². The Kier molecular flexibility index (Phi) is 2.95. The highest BCUT2D eigenvalue weighted by molar-refractivity contribution is 9.13. The molecule has 0 aliphatic rings. The fraction of sp³-hybridized carbons (Fsp3) is 0.167. The molecule has 0 aliphatic carbocycles. The molecule has 0 atom stereocenters.